The molecule has 6 heterocycles. The summed E-state index contributed by atoms with van der Waals surface area (Å²) in [5.41, 5.74) is 2.74. The van der Waals surface area contributed by atoms with Gasteiger partial charge in [-0.15, -0.1) is 30.6 Å². The minimum atomic E-state index is -4.15. The molecule has 3 aromatic carbocycles. The van der Waals surface area contributed by atoms with E-state index in [4.69, 9.17) is 69.6 Å². The van der Waals surface area contributed by atoms with E-state index in [2.05, 4.69) is 92.5 Å². The van der Waals surface area contributed by atoms with E-state index in [1.807, 2.05) is 27.7 Å². The van der Waals surface area contributed by atoms with Crippen LogP contribution in [0.2, 0.25) is 30.1 Å². The summed E-state index contributed by atoms with van der Waals surface area (Å²) < 4.78 is 38.9. The number of nitrogens with one attached hydrogen (secondary N) is 6. The van der Waals surface area contributed by atoms with Gasteiger partial charge in [-0.25, -0.2) is 27.9 Å². The molecule has 0 spiro atoms. The highest BCUT2D eigenvalue weighted by Crippen LogP contribution is 2.40. The SMILES string of the molecule is CC(C)c1cc(S(=O)(=O)c2c(Cl)cc(Cc3nn[nH]n3)cc2Cl)n[nH]c1=O.CC(C)c1cc(S(=O)c2c(Cl)cc(Cc3nn[nH]n3)cc2Cl)n[nH]c1=O.CC(C)c1cc(Sc2c(Cl)cc(Cc3nn[nH]n3)cc2Cl)n[nH]c1=O. The fourth-order valence-electron chi connectivity index (χ4n) is 7.08. The fraction of sp³-hybridized carbons (Fsp3) is 0.267. The summed E-state index contributed by atoms with van der Waals surface area (Å²) in [5, 5.41) is 61.3. The molecule has 0 fully saturated rings. The third kappa shape index (κ3) is 14.7. The quantitative estimate of drug-likeness (QED) is 0.0565. The second kappa shape index (κ2) is 26.1. The number of nitrogens with zero attached hydrogens (tertiary/aromatic N) is 12. The van der Waals surface area contributed by atoms with E-state index < -0.39 is 26.2 Å². The average molecular weight is 1240 g/mol. The number of sulfone groups is 1. The van der Waals surface area contributed by atoms with Gasteiger partial charge in [0.2, 0.25) is 9.84 Å². The van der Waals surface area contributed by atoms with Gasteiger partial charge in [0, 0.05) is 36.0 Å². The molecule has 1 atom stereocenters. The standard InChI is InChI=1S/C15H14Cl2N6O3S.C15H14Cl2N6O2S.C15H14Cl2N6OS/c1-7(2)9-6-13(20-21-15(9)24)27(25,26)14-10(16)3-8(4-11(14)17)5-12-18-22-23-19-12;1-7(2)9-6-13(20-21-15(9)24)26(25)14-10(16)3-8(4-11(14)17)5-12-18-22-23-19-12;1-7(2)9-6-13(20-21-15(9)24)25-14-10(16)3-8(4-11(14)17)5-12-18-22-23-19-12/h3-4,6-7H,5H2,1-2H3,(H,21,24)(H,18,19,22,23);3-4,6-7H,5H2,1-2H3,(H,21,24)(H,18,19,22,23);3-4,6-7H,5H2,1-2H3,(H,21,24)(H,18,19,22,23). The molecule has 6 N–H and O–H groups in total. The number of hydrogen-bond donors (Lipinski definition) is 6. The van der Waals surface area contributed by atoms with Crippen molar-refractivity contribution in [2.45, 2.75) is 108 Å². The lowest BCUT2D eigenvalue weighted by Gasteiger charge is -2.11. The molecule has 0 amide bonds. The largest absolute Gasteiger partial charge is 0.268 e. The summed E-state index contributed by atoms with van der Waals surface area (Å²) in [7, 11) is -5.89. The first-order valence-electron chi connectivity index (χ1n) is 22.7. The molecule has 9 rings (SSSR count). The number of halogens is 6. The van der Waals surface area contributed by atoms with E-state index in [0.717, 1.165) is 11.1 Å². The van der Waals surface area contributed by atoms with Crippen LogP contribution in [-0.4, -0.2) is 105 Å². The summed E-state index contributed by atoms with van der Waals surface area (Å²) in [6, 6.07) is 14.3. The topological polar surface area (TPSA) is 352 Å². The lowest BCUT2D eigenvalue weighted by molar-refractivity contribution is 0.588. The molecule has 9 aromatic rings. The third-order valence-corrected chi connectivity index (χ3v) is 17.5. The van der Waals surface area contributed by atoms with Crippen molar-refractivity contribution in [3.05, 3.63) is 167 Å². The van der Waals surface area contributed by atoms with Crippen molar-refractivity contribution in [1.29, 1.82) is 0 Å². The number of aromatic nitrogens is 18. The molecule has 408 valence electrons. The number of benzene rings is 3. The van der Waals surface area contributed by atoms with Gasteiger partial charge in [-0.1, -0.05) is 139 Å². The summed E-state index contributed by atoms with van der Waals surface area (Å²) in [4.78, 5) is 36.1. The highest BCUT2D eigenvalue weighted by molar-refractivity contribution is 7.99. The zero-order valence-corrected chi connectivity index (χ0v) is 48.3. The molecule has 0 saturated carbocycles. The normalized spacial score (nSPS) is 11.9. The van der Waals surface area contributed by atoms with Crippen molar-refractivity contribution in [1.82, 2.24) is 92.5 Å². The molecular weight excluding hydrogens is 1200 g/mol. The zero-order valence-electron chi connectivity index (χ0n) is 41.4. The predicted molar refractivity (Wildman–Crippen MR) is 291 cm³/mol. The third-order valence-electron chi connectivity index (χ3n) is 10.8. The van der Waals surface area contributed by atoms with E-state index in [1.54, 1.807) is 44.2 Å². The Hall–Kier alpha value is -6.30. The monoisotopic (exact) mass is 1240 g/mol. The second-order valence-corrected chi connectivity index (χ2v) is 24.2. The van der Waals surface area contributed by atoms with Gasteiger partial charge in [0.25, 0.3) is 16.7 Å². The summed E-state index contributed by atoms with van der Waals surface area (Å²) in [5.74, 6) is 1.30. The molecule has 6 aromatic heterocycles. The van der Waals surface area contributed by atoms with Crippen LogP contribution in [0.4, 0.5) is 0 Å². The van der Waals surface area contributed by atoms with E-state index in [-0.39, 0.29) is 75.2 Å². The van der Waals surface area contributed by atoms with E-state index in [1.165, 1.54) is 36.0 Å². The summed E-state index contributed by atoms with van der Waals surface area (Å²) in [6.07, 6.45) is 1.11. The molecule has 0 saturated heterocycles. The Balaban J connectivity index is 0.000000170. The van der Waals surface area contributed by atoms with Crippen LogP contribution >= 0.6 is 81.4 Å². The Kier molecular flexibility index (Phi) is 19.9. The van der Waals surface area contributed by atoms with Gasteiger partial charge in [0.05, 0.1) is 39.9 Å². The first kappa shape index (κ1) is 59.4. The zero-order chi connectivity index (χ0) is 56.6. The molecule has 0 aliphatic carbocycles. The molecule has 24 nitrogen and oxygen atoms in total. The van der Waals surface area contributed by atoms with Crippen LogP contribution in [0, 0.1) is 0 Å². The number of rotatable bonds is 15. The maximum Gasteiger partial charge on any atom is 0.267 e. The van der Waals surface area contributed by atoms with E-state index in [9.17, 15) is 27.0 Å². The lowest BCUT2D eigenvalue weighted by atomic mass is 10.1. The Labute approximate surface area is 478 Å². The number of H-pyrrole nitrogens is 6. The average Bonchev–Trinajstić information content (AvgIpc) is 4.24. The van der Waals surface area contributed by atoms with Crippen LogP contribution < -0.4 is 16.7 Å². The molecule has 33 heteroatoms. The Morgan fingerprint density at radius 2 is 0.885 bits per heavy atom. The maximum atomic E-state index is 13.0. The molecule has 0 radical (unpaired) electrons. The maximum absolute atomic E-state index is 13.0. The molecule has 0 bridgehead atoms. The van der Waals surface area contributed by atoms with Gasteiger partial charge in [0.15, 0.2) is 27.5 Å². The highest BCUT2D eigenvalue weighted by Gasteiger charge is 2.28. The predicted octanol–water partition coefficient (Wildman–Crippen LogP) is 8.06. The van der Waals surface area contributed by atoms with Gasteiger partial charge >= 0.3 is 0 Å². The highest BCUT2D eigenvalue weighted by atomic mass is 35.5. The van der Waals surface area contributed by atoms with Crippen molar-refractivity contribution in [3.63, 3.8) is 0 Å². The second-order valence-electron chi connectivity index (χ2n) is 17.5. The van der Waals surface area contributed by atoms with Crippen molar-refractivity contribution in [2.75, 3.05) is 0 Å². The number of aromatic amines is 6. The van der Waals surface area contributed by atoms with Crippen molar-refractivity contribution < 1.29 is 12.6 Å². The van der Waals surface area contributed by atoms with Crippen LogP contribution in [0.3, 0.4) is 0 Å². The van der Waals surface area contributed by atoms with Crippen LogP contribution in [0.15, 0.2) is 98.7 Å². The van der Waals surface area contributed by atoms with E-state index >= 15 is 0 Å². The van der Waals surface area contributed by atoms with Crippen molar-refractivity contribution >= 4 is 102 Å². The minimum absolute atomic E-state index is 0.0409. The lowest BCUT2D eigenvalue weighted by Crippen LogP contribution is -2.19. The first-order valence-corrected chi connectivity index (χ1v) is 28.5. The molecule has 78 heavy (non-hydrogen) atoms. The van der Waals surface area contributed by atoms with Gasteiger partial charge < -0.3 is 0 Å². The Morgan fingerprint density at radius 3 is 1.31 bits per heavy atom. The number of hydrogen-bond acceptors (Lipinski definition) is 19. The molecule has 0 aliphatic heterocycles. The Morgan fingerprint density at radius 1 is 0.500 bits per heavy atom. The minimum Gasteiger partial charge on any atom is -0.268 e. The number of tetrazole rings is 3. The van der Waals surface area contributed by atoms with Gasteiger partial charge in [-0.05, 0) is 89.0 Å². The molecule has 1 unspecified atom stereocenters. The van der Waals surface area contributed by atoms with E-state index in [0.29, 0.717) is 72.5 Å². The smallest absolute Gasteiger partial charge is 0.267 e. The molecular formula is C45H42Cl6N18O6S3. The fourth-order valence-corrected chi connectivity index (χ4v) is 13.1. The Bertz CT molecular complexity index is 3830. The van der Waals surface area contributed by atoms with Crippen LogP contribution in [0.5, 0.6) is 0 Å². The van der Waals surface area contributed by atoms with Gasteiger partial charge in [0.1, 0.15) is 20.7 Å². The van der Waals surface area contributed by atoms with Crippen LogP contribution in [0.1, 0.15) is 110 Å². The van der Waals surface area contributed by atoms with Gasteiger partial charge in [-0.3, -0.25) is 14.4 Å². The van der Waals surface area contributed by atoms with Crippen molar-refractivity contribution in [3.8, 4) is 0 Å². The van der Waals surface area contributed by atoms with Crippen LogP contribution in [-0.2, 0) is 39.9 Å². The van der Waals surface area contributed by atoms with Crippen LogP contribution in [0.25, 0.3) is 0 Å². The summed E-state index contributed by atoms with van der Waals surface area (Å²) in [6.45, 7) is 11.2. The van der Waals surface area contributed by atoms with Gasteiger partial charge in [-0.2, -0.15) is 30.9 Å². The first-order chi connectivity index (χ1) is 37.0. The summed E-state index contributed by atoms with van der Waals surface area (Å²) >= 11 is 39.1. The van der Waals surface area contributed by atoms with Crippen molar-refractivity contribution in [2.24, 2.45) is 0 Å². The molecule has 0 aliphatic rings.